The van der Waals surface area contributed by atoms with Crippen LogP contribution in [-0.2, 0) is 9.53 Å². The van der Waals surface area contributed by atoms with E-state index in [2.05, 4.69) is 0 Å². The van der Waals surface area contributed by atoms with Crippen LogP contribution in [0.1, 0.15) is 6.42 Å². The van der Waals surface area contributed by atoms with E-state index in [-0.39, 0.29) is 12.7 Å². The van der Waals surface area contributed by atoms with Crippen LogP contribution in [0.15, 0.2) is 18.2 Å². The topological polar surface area (TPSA) is 35.5 Å². The van der Waals surface area contributed by atoms with Gasteiger partial charge in [-0.15, -0.1) is 11.6 Å². The van der Waals surface area contributed by atoms with Gasteiger partial charge in [-0.1, -0.05) is 23.2 Å². The van der Waals surface area contributed by atoms with Crippen LogP contribution >= 0.6 is 34.8 Å². The van der Waals surface area contributed by atoms with Crippen molar-refractivity contribution in [3.8, 4) is 5.75 Å². The van der Waals surface area contributed by atoms with Crippen LogP contribution in [0.25, 0.3) is 0 Å². The predicted octanol–water partition coefficient (Wildman–Crippen LogP) is 3.30. The third-order valence-corrected chi connectivity index (χ3v) is 3.21. The molecule has 2 unspecified atom stereocenters. The molecular weight excluding hydrogens is 286 g/mol. The van der Waals surface area contributed by atoms with Crippen LogP contribution in [0.5, 0.6) is 5.75 Å². The molecule has 1 saturated heterocycles. The maximum atomic E-state index is 11.1. The molecule has 0 aliphatic carbocycles. The molecule has 17 heavy (non-hydrogen) atoms. The molecule has 0 amide bonds. The minimum atomic E-state index is -0.579. The van der Waals surface area contributed by atoms with Gasteiger partial charge in [-0.05, 0) is 18.2 Å². The van der Waals surface area contributed by atoms with E-state index in [0.717, 1.165) is 0 Å². The Morgan fingerprint density at radius 2 is 2.18 bits per heavy atom. The fourth-order valence-electron chi connectivity index (χ4n) is 1.49. The van der Waals surface area contributed by atoms with Crippen molar-refractivity contribution in [2.75, 3.05) is 6.61 Å². The zero-order valence-electron chi connectivity index (χ0n) is 8.66. The van der Waals surface area contributed by atoms with Gasteiger partial charge in [0, 0.05) is 11.4 Å². The molecule has 92 valence electrons. The lowest BCUT2D eigenvalue weighted by Crippen LogP contribution is -2.17. The number of hydrogen-bond donors (Lipinski definition) is 0. The molecule has 1 aromatic rings. The predicted molar refractivity (Wildman–Crippen MR) is 66.1 cm³/mol. The lowest BCUT2D eigenvalue weighted by molar-refractivity contribution is -0.142. The molecule has 1 aliphatic heterocycles. The van der Waals surface area contributed by atoms with E-state index in [9.17, 15) is 4.79 Å². The maximum absolute atomic E-state index is 11.1. The molecule has 0 spiro atoms. The molecule has 0 aromatic heterocycles. The normalized spacial score (nSPS) is 23.6. The minimum Gasteiger partial charge on any atom is -0.488 e. The van der Waals surface area contributed by atoms with Crippen LogP contribution in [0.4, 0.5) is 0 Å². The Morgan fingerprint density at radius 3 is 2.76 bits per heavy atom. The largest absolute Gasteiger partial charge is 0.488 e. The number of cyclic esters (lactones) is 1. The van der Waals surface area contributed by atoms with Gasteiger partial charge in [-0.25, -0.2) is 0 Å². The number of carbonyl (C=O) groups is 1. The molecule has 0 N–H and O–H groups in total. The monoisotopic (exact) mass is 294 g/mol. The third kappa shape index (κ3) is 3.18. The lowest BCUT2D eigenvalue weighted by Gasteiger charge is -2.12. The zero-order chi connectivity index (χ0) is 12.4. The number of halogens is 3. The minimum absolute atomic E-state index is 0.232. The number of carbonyl (C=O) groups excluding carboxylic acids is 1. The number of esters is 1. The lowest BCUT2D eigenvalue weighted by atomic mass is 10.2. The second kappa shape index (κ2) is 5.34. The third-order valence-electron chi connectivity index (χ3n) is 2.33. The van der Waals surface area contributed by atoms with Crippen LogP contribution in [0.2, 0.25) is 10.0 Å². The molecule has 0 bridgehead atoms. The smallest absolute Gasteiger partial charge is 0.324 e. The van der Waals surface area contributed by atoms with Crippen molar-refractivity contribution in [3.05, 3.63) is 28.2 Å². The first kappa shape index (κ1) is 12.8. The summed E-state index contributed by atoms with van der Waals surface area (Å²) >= 11 is 17.4. The summed E-state index contributed by atoms with van der Waals surface area (Å²) in [7, 11) is 0. The number of benzene rings is 1. The summed E-state index contributed by atoms with van der Waals surface area (Å²) < 4.78 is 10.4. The van der Waals surface area contributed by atoms with Gasteiger partial charge in [0.2, 0.25) is 0 Å². The van der Waals surface area contributed by atoms with Gasteiger partial charge in [0.1, 0.15) is 23.8 Å². The molecule has 1 aromatic carbocycles. The van der Waals surface area contributed by atoms with E-state index in [1.54, 1.807) is 18.2 Å². The van der Waals surface area contributed by atoms with E-state index >= 15 is 0 Å². The number of ether oxygens (including phenoxy) is 2. The summed E-state index contributed by atoms with van der Waals surface area (Å²) in [5, 5.41) is 0.379. The molecule has 1 aliphatic rings. The van der Waals surface area contributed by atoms with Gasteiger partial charge in [-0.3, -0.25) is 4.79 Å². The molecule has 2 atom stereocenters. The number of alkyl halides is 1. The first-order valence-corrected chi connectivity index (χ1v) is 6.18. The van der Waals surface area contributed by atoms with Gasteiger partial charge >= 0.3 is 5.97 Å². The van der Waals surface area contributed by atoms with Gasteiger partial charge in [-0.2, -0.15) is 0 Å². The van der Waals surface area contributed by atoms with Crippen molar-refractivity contribution in [1.29, 1.82) is 0 Å². The molecule has 3 nitrogen and oxygen atoms in total. The molecule has 1 heterocycles. The zero-order valence-corrected chi connectivity index (χ0v) is 10.9. The number of rotatable bonds is 3. The second-order valence-corrected chi connectivity index (χ2v) is 5.02. The summed E-state index contributed by atoms with van der Waals surface area (Å²) in [5.41, 5.74) is 0. The van der Waals surface area contributed by atoms with Crippen molar-refractivity contribution in [1.82, 2.24) is 0 Å². The van der Waals surface area contributed by atoms with Crippen molar-refractivity contribution in [3.63, 3.8) is 0 Å². The summed E-state index contributed by atoms with van der Waals surface area (Å²) in [6.45, 7) is 0.232. The molecule has 1 fully saturated rings. The van der Waals surface area contributed by atoms with E-state index in [1.807, 2.05) is 0 Å². The van der Waals surface area contributed by atoms with Crippen molar-refractivity contribution < 1.29 is 14.3 Å². The Hall–Kier alpha value is -0.640. The second-order valence-electron chi connectivity index (χ2n) is 3.65. The van der Waals surface area contributed by atoms with Crippen molar-refractivity contribution in [2.24, 2.45) is 0 Å². The standard InChI is InChI=1S/C11H9Cl3O3/c12-6-1-2-10(8(13)3-6)16-5-7-4-9(14)11(15)17-7/h1-3,7,9H,4-5H2. The molecular formula is C11H9Cl3O3. The van der Waals surface area contributed by atoms with Crippen molar-refractivity contribution in [2.45, 2.75) is 17.9 Å². The van der Waals surface area contributed by atoms with Crippen LogP contribution in [0.3, 0.4) is 0 Å². The van der Waals surface area contributed by atoms with Crippen LogP contribution < -0.4 is 4.74 Å². The van der Waals surface area contributed by atoms with Gasteiger partial charge < -0.3 is 9.47 Å². The van der Waals surface area contributed by atoms with Crippen LogP contribution in [0, 0.1) is 0 Å². The Balaban J connectivity index is 1.92. The highest BCUT2D eigenvalue weighted by Gasteiger charge is 2.33. The SMILES string of the molecule is O=C1OC(COc2ccc(Cl)cc2Cl)CC1Cl. The molecule has 0 saturated carbocycles. The van der Waals surface area contributed by atoms with E-state index in [1.165, 1.54) is 0 Å². The highest BCUT2D eigenvalue weighted by Crippen LogP contribution is 2.28. The Morgan fingerprint density at radius 1 is 1.41 bits per heavy atom. The van der Waals surface area contributed by atoms with Crippen LogP contribution in [-0.4, -0.2) is 24.1 Å². The molecule has 0 radical (unpaired) electrons. The van der Waals surface area contributed by atoms with Gasteiger partial charge in [0.05, 0.1) is 5.02 Å². The highest BCUT2D eigenvalue weighted by molar-refractivity contribution is 6.35. The Labute approximate surface area is 114 Å². The Bertz CT molecular complexity index is 436. The quantitative estimate of drug-likeness (QED) is 0.634. The Kier molecular flexibility index (Phi) is 4.02. The first-order valence-electron chi connectivity index (χ1n) is 4.98. The average molecular weight is 296 g/mol. The number of hydrogen-bond acceptors (Lipinski definition) is 3. The maximum Gasteiger partial charge on any atom is 0.324 e. The first-order chi connectivity index (χ1) is 8.06. The van der Waals surface area contributed by atoms with E-state index < -0.39 is 11.3 Å². The molecule has 6 heteroatoms. The summed E-state index contributed by atoms with van der Waals surface area (Å²) in [4.78, 5) is 11.1. The molecule has 2 rings (SSSR count). The highest BCUT2D eigenvalue weighted by atomic mass is 35.5. The summed E-state index contributed by atoms with van der Waals surface area (Å²) in [6.07, 6.45) is 0.128. The van der Waals surface area contributed by atoms with Crippen molar-refractivity contribution >= 4 is 40.8 Å². The summed E-state index contributed by atoms with van der Waals surface area (Å²) in [5.74, 6) is 0.104. The van der Waals surface area contributed by atoms with Gasteiger partial charge in [0.15, 0.2) is 0 Å². The fourth-order valence-corrected chi connectivity index (χ4v) is 2.20. The van der Waals surface area contributed by atoms with Gasteiger partial charge in [0.25, 0.3) is 0 Å². The van der Waals surface area contributed by atoms with E-state index in [4.69, 9.17) is 44.3 Å². The van der Waals surface area contributed by atoms with E-state index in [0.29, 0.717) is 22.2 Å². The fraction of sp³-hybridized carbons (Fsp3) is 0.364. The average Bonchev–Trinajstić information content (AvgIpc) is 2.57. The summed E-state index contributed by atoms with van der Waals surface area (Å²) in [6, 6.07) is 4.93.